The van der Waals surface area contributed by atoms with E-state index in [1.165, 1.54) is 5.56 Å². The molecule has 5 rings (SSSR count). The Balaban J connectivity index is 1.29. The summed E-state index contributed by atoms with van der Waals surface area (Å²) in [7, 11) is 1.69. The van der Waals surface area contributed by atoms with Crippen LogP contribution in [0.3, 0.4) is 0 Å². The summed E-state index contributed by atoms with van der Waals surface area (Å²) in [6, 6.07) is 17.1. The maximum atomic E-state index is 13.3. The van der Waals surface area contributed by atoms with Crippen LogP contribution in [0.25, 0.3) is 10.9 Å². The van der Waals surface area contributed by atoms with Crippen molar-refractivity contribution in [3.8, 4) is 5.75 Å². The van der Waals surface area contributed by atoms with Crippen LogP contribution in [0, 0.1) is 0 Å². The molecule has 0 radical (unpaired) electrons. The van der Waals surface area contributed by atoms with Gasteiger partial charge in [0, 0.05) is 36.1 Å². The number of piperidine rings is 1. The highest BCUT2D eigenvalue weighted by Crippen LogP contribution is 2.30. The summed E-state index contributed by atoms with van der Waals surface area (Å²) < 4.78 is 13.1. The lowest BCUT2D eigenvalue weighted by Crippen LogP contribution is -2.60. The van der Waals surface area contributed by atoms with Gasteiger partial charge in [-0.2, -0.15) is 5.10 Å². The zero-order chi connectivity index (χ0) is 22.9. The molecule has 3 heterocycles. The highest BCUT2D eigenvalue weighted by atomic mass is 16.5. The van der Waals surface area contributed by atoms with Crippen molar-refractivity contribution in [2.45, 2.75) is 57.4 Å². The Hall–Kier alpha value is -2.90. The lowest BCUT2D eigenvalue weighted by atomic mass is 9.89. The van der Waals surface area contributed by atoms with E-state index < -0.39 is 0 Å². The van der Waals surface area contributed by atoms with Gasteiger partial charge in [-0.25, -0.2) is 0 Å². The first-order valence-corrected chi connectivity index (χ1v) is 11.8. The maximum absolute atomic E-state index is 13.3. The Morgan fingerprint density at radius 1 is 1.12 bits per heavy atom. The smallest absolute Gasteiger partial charge is 0.272 e. The number of nitrogens with zero attached hydrogens (tertiary/aromatic N) is 3. The van der Waals surface area contributed by atoms with E-state index in [1.54, 1.807) is 7.11 Å². The summed E-state index contributed by atoms with van der Waals surface area (Å²) >= 11 is 0. The predicted molar refractivity (Wildman–Crippen MR) is 128 cm³/mol. The fraction of sp³-hybridized carbons (Fsp3) is 0.462. The zero-order valence-corrected chi connectivity index (χ0v) is 19.5. The molecule has 7 nitrogen and oxygen atoms in total. The minimum Gasteiger partial charge on any atom is -0.497 e. The van der Waals surface area contributed by atoms with Gasteiger partial charge < -0.3 is 14.8 Å². The third-order valence-electron chi connectivity index (χ3n) is 6.85. The van der Waals surface area contributed by atoms with Crippen molar-refractivity contribution in [2.75, 3.05) is 20.3 Å². The number of benzene rings is 2. The highest BCUT2D eigenvalue weighted by molar-refractivity contribution is 6.05. The first-order valence-electron chi connectivity index (χ1n) is 11.8. The minimum atomic E-state index is -0.0850. The van der Waals surface area contributed by atoms with Crippen molar-refractivity contribution in [3.63, 3.8) is 0 Å². The topological polar surface area (TPSA) is 68.6 Å². The number of ether oxygens (including phenoxy) is 2. The number of carbonyl (C=O) groups is 1. The van der Waals surface area contributed by atoms with Crippen molar-refractivity contribution in [1.82, 2.24) is 20.0 Å². The van der Waals surface area contributed by atoms with Gasteiger partial charge in [-0.1, -0.05) is 30.3 Å². The Morgan fingerprint density at radius 2 is 1.82 bits per heavy atom. The number of nitrogens with one attached hydrogen (secondary N) is 1. The summed E-state index contributed by atoms with van der Waals surface area (Å²) in [5, 5.41) is 8.87. The van der Waals surface area contributed by atoms with Crippen LogP contribution in [-0.4, -0.2) is 59.0 Å². The van der Waals surface area contributed by atoms with Crippen molar-refractivity contribution >= 4 is 16.8 Å². The van der Waals surface area contributed by atoms with Crippen LogP contribution in [0.5, 0.6) is 5.75 Å². The number of aromatic nitrogens is 2. The molecule has 3 atom stereocenters. The second-order valence-electron chi connectivity index (χ2n) is 9.41. The molecule has 1 aromatic heterocycles. The van der Waals surface area contributed by atoms with Crippen LogP contribution in [0.1, 0.15) is 48.8 Å². The van der Waals surface area contributed by atoms with E-state index in [4.69, 9.17) is 9.47 Å². The SMILES string of the molecule is COc1ccc(CN2[C@@H]3COC[C@H]2C[C@@H](NC(=O)c2nn(C(C)C)c4ccccc24)C3)cc1. The Morgan fingerprint density at radius 3 is 2.48 bits per heavy atom. The number of hydrogen-bond donors (Lipinski definition) is 1. The van der Waals surface area contributed by atoms with Gasteiger partial charge in [-0.15, -0.1) is 0 Å². The molecule has 0 saturated carbocycles. The molecule has 2 aliphatic rings. The van der Waals surface area contributed by atoms with Crippen molar-refractivity contribution in [3.05, 3.63) is 59.8 Å². The largest absolute Gasteiger partial charge is 0.497 e. The van der Waals surface area contributed by atoms with E-state index in [0.717, 1.165) is 36.0 Å². The molecule has 0 unspecified atom stereocenters. The monoisotopic (exact) mass is 448 g/mol. The van der Waals surface area contributed by atoms with Crippen LogP contribution >= 0.6 is 0 Å². The van der Waals surface area contributed by atoms with Gasteiger partial charge in [0.15, 0.2) is 5.69 Å². The highest BCUT2D eigenvalue weighted by Gasteiger charge is 2.39. The zero-order valence-electron chi connectivity index (χ0n) is 19.5. The molecule has 2 bridgehead atoms. The Labute approximate surface area is 194 Å². The molecule has 2 aromatic carbocycles. The van der Waals surface area contributed by atoms with Crippen LogP contribution in [0.2, 0.25) is 0 Å². The molecule has 2 aliphatic heterocycles. The lowest BCUT2D eigenvalue weighted by Gasteiger charge is -2.48. The van der Waals surface area contributed by atoms with E-state index in [0.29, 0.717) is 18.9 Å². The Bertz CT molecular complexity index is 1110. The average Bonchev–Trinajstić information content (AvgIpc) is 3.20. The fourth-order valence-corrected chi connectivity index (χ4v) is 5.21. The molecular formula is C26H32N4O3. The quantitative estimate of drug-likeness (QED) is 0.622. The first kappa shape index (κ1) is 21.9. The summed E-state index contributed by atoms with van der Waals surface area (Å²) in [4.78, 5) is 15.8. The number of para-hydroxylation sites is 1. The second-order valence-corrected chi connectivity index (χ2v) is 9.41. The number of rotatable bonds is 6. The standard InChI is InChI=1S/C26H32N4O3/c1-17(2)30-24-7-5-4-6-23(24)25(28-30)26(31)27-19-12-20-15-33-16-21(13-19)29(20)14-18-8-10-22(32-3)11-9-18/h4-11,17,19-21H,12-16H2,1-3H3,(H,27,31)/t19-,20-,21+. The molecule has 1 amide bonds. The average molecular weight is 449 g/mol. The molecule has 174 valence electrons. The molecule has 7 heteroatoms. The Kier molecular flexibility index (Phi) is 6.08. The maximum Gasteiger partial charge on any atom is 0.272 e. The van der Waals surface area contributed by atoms with Gasteiger partial charge >= 0.3 is 0 Å². The van der Waals surface area contributed by atoms with E-state index >= 15 is 0 Å². The van der Waals surface area contributed by atoms with Gasteiger partial charge in [0.25, 0.3) is 5.91 Å². The summed E-state index contributed by atoms with van der Waals surface area (Å²) in [5.74, 6) is 0.786. The number of fused-ring (bicyclic) bond motifs is 3. The predicted octanol–water partition coefficient (Wildman–Crippen LogP) is 3.79. The van der Waals surface area contributed by atoms with Gasteiger partial charge in [-0.05, 0) is 50.5 Å². The lowest BCUT2D eigenvalue weighted by molar-refractivity contribution is -0.0843. The van der Waals surface area contributed by atoms with Crippen LogP contribution in [-0.2, 0) is 11.3 Å². The molecule has 1 N–H and O–H groups in total. The number of methoxy groups -OCH3 is 1. The van der Waals surface area contributed by atoms with E-state index in [2.05, 4.69) is 41.3 Å². The second kappa shape index (κ2) is 9.15. The normalized spacial score (nSPS) is 23.1. The number of carbonyl (C=O) groups excluding carboxylic acids is 1. The first-order chi connectivity index (χ1) is 16.0. The number of hydrogen-bond acceptors (Lipinski definition) is 5. The summed E-state index contributed by atoms with van der Waals surface area (Å²) in [5.41, 5.74) is 2.78. The van der Waals surface area contributed by atoms with Crippen LogP contribution < -0.4 is 10.1 Å². The summed E-state index contributed by atoms with van der Waals surface area (Å²) in [6.45, 7) is 6.45. The van der Waals surface area contributed by atoms with Crippen LogP contribution in [0.4, 0.5) is 0 Å². The molecule has 33 heavy (non-hydrogen) atoms. The van der Waals surface area contributed by atoms with E-state index in [-0.39, 0.29) is 30.1 Å². The number of morpholine rings is 1. The third-order valence-corrected chi connectivity index (χ3v) is 6.85. The van der Waals surface area contributed by atoms with Gasteiger partial charge in [0.05, 0.1) is 25.8 Å². The van der Waals surface area contributed by atoms with Crippen molar-refractivity contribution in [1.29, 1.82) is 0 Å². The molecular weight excluding hydrogens is 416 g/mol. The van der Waals surface area contributed by atoms with Gasteiger partial charge in [-0.3, -0.25) is 14.4 Å². The van der Waals surface area contributed by atoms with Crippen LogP contribution in [0.15, 0.2) is 48.5 Å². The molecule has 2 saturated heterocycles. The minimum absolute atomic E-state index is 0.0850. The van der Waals surface area contributed by atoms with Gasteiger partial charge in [0.2, 0.25) is 0 Å². The molecule has 0 aliphatic carbocycles. The molecule has 2 fully saturated rings. The van der Waals surface area contributed by atoms with Crippen molar-refractivity contribution < 1.29 is 14.3 Å². The fourth-order valence-electron chi connectivity index (χ4n) is 5.21. The summed E-state index contributed by atoms with van der Waals surface area (Å²) in [6.07, 6.45) is 1.75. The van der Waals surface area contributed by atoms with E-state index in [9.17, 15) is 4.79 Å². The van der Waals surface area contributed by atoms with Gasteiger partial charge in [0.1, 0.15) is 5.75 Å². The molecule has 3 aromatic rings. The number of amides is 1. The van der Waals surface area contributed by atoms with E-state index in [1.807, 2.05) is 41.1 Å². The molecule has 0 spiro atoms. The third kappa shape index (κ3) is 4.35. The van der Waals surface area contributed by atoms with Crippen molar-refractivity contribution in [2.24, 2.45) is 0 Å².